The van der Waals surface area contributed by atoms with Gasteiger partial charge in [-0.1, -0.05) is 53.2 Å². The maximum absolute atomic E-state index is 11.8. The molecule has 214 valence electrons. The van der Waals surface area contributed by atoms with Crippen LogP contribution in [0.15, 0.2) is 53.2 Å². The maximum atomic E-state index is 11.8. The highest BCUT2D eigenvalue weighted by Gasteiger charge is 2.48. The predicted molar refractivity (Wildman–Crippen MR) is 145 cm³/mol. The van der Waals surface area contributed by atoms with E-state index in [2.05, 4.69) is 63.2 Å². The minimum Gasteiger partial charge on any atom is -0.482 e. The van der Waals surface area contributed by atoms with Crippen LogP contribution in [-0.4, -0.2) is 39.0 Å². The van der Waals surface area contributed by atoms with Crippen LogP contribution in [-0.2, 0) is 11.8 Å². The Morgan fingerprint density at radius 1 is 1.20 bits per heavy atom. The average Bonchev–Trinajstić information content (AvgIpc) is 3.58. The number of carboxylic acid groups (broad SMARTS) is 1. The molecule has 0 spiro atoms. The lowest BCUT2D eigenvalue weighted by atomic mass is 9.75. The number of fused-ring (bicyclic) bond motifs is 3. The number of carbonyl (C=O) groups is 1. The molecule has 0 aliphatic heterocycles. The lowest BCUT2D eigenvalue weighted by Gasteiger charge is -2.29. The summed E-state index contributed by atoms with van der Waals surface area (Å²) in [6, 6.07) is 13.8. The Kier molecular flexibility index (Phi) is 7.41. The predicted octanol–water partition coefficient (Wildman–Crippen LogP) is 6.62. The van der Waals surface area contributed by atoms with Gasteiger partial charge in [-0.25, -0.2) is 9.78 Å². The summed E-state index contributed by atoms with van der Waals surface area (Å²) in [7, 11) is 0. The molecular weight excluding hydrogens is 561 g/mol. The zero-order chi connectivity index (χ0) is 29.5. The summed E-state index contributed by atoms with van der Waals surface area (Å²) in [5.41, 5.74) is 13.2. The van der Waals surface area contributed by atoms with E-state index in [0.717, 1.165) is 35.8 Å². The molecule has 2 heterocycles. The van der Waals surface area contributed by atoms with Gasteiger partial charge in [-0.3, -0.25) is 0 Å². The van der Waals surface area contributed by atoms with Crippen molar-refractivity contribution >= 4 is 23.3 Å². The monoisotopic (exact) mass is 586 g/mol. The Balaban J connectivity index is 0.000000184. The van der Waals surface area contributed by atoms with Gasteiger partial charge < -0.3 is 20.1 Å². The minimum atomic E-state index is -4.52. The first-order valence-electron chi connectivity index (χ1n) is 12.8. The molecule has 0 bridgehead atoms. The van der Waals surface area contributed by atoms with Gasteiger partial charge in [0.05, 0.1) is 11.6 Å². The van der Waals surface area contributed by atoms with Crippen molar-refractivity contribution in [2.75, 3.05) is 12.3 Å². The van der Waals surface area contributed by atoms with Gasteiger partial charge in [-0.2, -0.15) is 18.2 Å². The molecule has 8 nitrogen and oxygen atoms in total. The number of rotatable bonds is 6. The van der Waals surface area contributed by atoms with Gasteiger partial charge in [0.15, 0.2) is 18.1 Å². The fourth-order valence-corrected chi connectivity index (χ4v) is 5.35. The number of alkyl halides is 3. The Bertz CT molecular complexity index is 1620. The van der Waals surface area contributed by atoms with Gasteiger partial charge in [-0.05, 0) is 53.5 Å². The van der Waals surface area contributed by atoms with Crippen LogP contribution in [0.1, 0.15) is 58.7 Å². The van der Waals surface area contributed by atoms with E-state index in [0.29, 0.717) is 11.8 Å². The third-order valence-corrected chi connectivity index (χ3v) is 7.69. The van der Waals surface area contributed by atoms with Gasteiger partial charge in [-0.15, -0.1) is 0 Å². The first kappa shape index (κ1) is 28.4. The van der Waals surface area contributed by atoms with Crippen molar-refractivity contribution in [3.05, 3.63) is 87.8 Å². The number of ether oxygens (including phenoxy) is 1. The van der Waals surface area contributed by atoms with Crippen molar-refractivity contribution in [2.24, 2.45) is 5.92 Å². The zero-order valence-electron chi connectivity index (χ0n) is 22.1. The highest BCUT2D eigenvalue weighted by molar-refractivity contribution is 6.32. The van der Waals surface area contributed by atoms with Crippen molar-refractivity contribution in [3.63, 3.8) is 0 Å². The Labute approximate surface area is 238 Å². The molecule has 0 radical (unpaired) electrons. The molecule has 0 saturated heterocycles. The van der Waals surface area contributed by atoms with E-state index >= 15 is 0 Å². The highest BCUT2D eigenvalue weighted by Crippen LogP contribution is 2.53. The van der Waals surface area contributed by atoms with Crippen LogP contribution in [0.2, 0.25) is 5.02 Å². The van der Waals surface area contributed by atoms with Crippen LogP contribution in [0.4, 0.5) is 18.9 Å². The van der Waals surface area contributed by atoms with E-state index in [-0.39, 0.29) is 16.2 Å². The summed E-state index contributed by atoms with van der Waals surface area (Å²) in [6.45, 7) is 2.51. The third kappa shape index (κ3) is 5.72. The Morgan fingerprint density at radius 3 is 2.56 bits per heavy atom. The molecule has 1 fully saturated rings. The van der Waals surface area contributed by atoms with E-state index in [1.165, 1.54) is 35.1 Å². The number of benzene rings is 2. The smallest absolute Gasteiger partial charge is 0.422 e. The third-order valence-electron chi connectivity index (χ3n) is 7.41. The number of nitrogen functional groups attached to an aromatic ring is 1. The van der Waals surface area contributed by atoms with Crippen molar-refractivity contribution < 1.29 is 32.3 Å². The molecule has 0 amide bonds. The van der Waals surface area contributed by atoms with Crippen molar-refractivity contribution in [3.8, 4) is 16.9 Å². The maximum Gasteiger partial charge on any atom is 0.422 e. The first-order valence-corrected chi connectivity index (χ1v) is 13.2. The van der Waals surface area contributed by atoms with Gasteiger partial charge in [0.2, 0.25) is 5.89 Å². The van der Waals surface area contributed by atoms with E-state index < -0.39 is 24.4 Å². The van der Waals surface area contributed by atoms with Gasteiger partial charge >= 0.3 is 12.1 Å². The van der Waals surface area contributed by atoms with Gasteiger partial charge in [0, 0.05) is 25.1 Å². The summed E-state index contributed by atoms with van der Waals surface area (Å²) in [6.07, 6.45) is -0.342. The molecule has 2 aromatic heterocycles. The summed E-state index contributed by atoms with van der Waals surface area (Å²) in [4.78, 5) is 18.4. The number of nitrogens with zero attached hydrogens (tertiary/aromatic N) is 3. The SMILES string of the molecule is Cc1nc([C@@](C)(c2ccc3c(c2N)Cc2ccccc2-3)C2CC2)no1.O=C(O)c1cc(OCC(F)(F)F)c(Cl)cn1. The topological polar surface area (TPSA) is 124 Å². The second-order valence-electron chi connectivity index (χ2n) is 10.2. The molecule has 0 unspecified atom stereocenters. The Morgan fingerprint density at radius 2 is 1.93 bits per heavy atom. The average molecular weight is 587 g/mol. The number of aromatic carboxylic acids is 1. The Hall–Kier alpha value is -4.12. The van der Waals surface area contributed by atoms with Crippen LogP contribution in [0, 0.1) is 12.8 Å². The molecule has 6 rings (SSSR count). The molecule has 2 aliphatic rings. The largest absolute Gasteiger partial charge is 0.482 e. The highest BCUT2D eigenvalue weighted by atomic mass is 35.5. The number of hydrogen-bond acceptors (Lipinski definition) is 7. The zero-order valence-corrected chi connectivity index (χ0v) is 22.9. The minimum absolute atomic E-state index is 0.186. The number of nitrogens with two attached hydrogens (primary N) is 1. The quantitative estimate of drug-likeness (QED) is 0.213. The summed E-state index contributed by atoms with van der Waals surface area (Å²) in [5.74, 6) is 0.136. The molecule has 41 heavy (non-hydrogen) atoms. The number of carboxylic acids is 1. The molecule has 1 atom stereocenters. The van der Waals surface area contributed by atoms with Gasteiger partial charge in [0.1, 0.15) is 10.8 Å². The fraction of sp³-hybridized carbons (Fsp3) is 0.310. The second-order valence-corrected chi connectivity index (χ2v) is 10.6. The molecule has 2 aliphatic carbocycles. The molecule has 2 aromatic carbocycles. The number of pyridine rings is 1. The van der Waals surface area contributed by atoms with Crippen molar-refractivity contribution in [2.45, 2.75) is 44.7 Å². The van der Waals surface area contributed by atoms with Crippen LogP contribution in [0.5, 0.6) is 5.75 Å². The number of aryl methyl sites for hydroxylation is 1. The molecule has 4 aromatic rings. The molecule has 12 heteroatoms. The van der Waals surface area contributed by atoms with E-state index in [9.17, 15) is 18.0 Å². The summed E-state index contributed by atoms with van der Waals surface area (Å²) in [5, 5.41) is 12.6. The number of hydrogen-bond donors (Lipinski definition) is 2. The lowest BCUT2D eigenvalue weighted by molar-refractivity contribution is -0.153. The first-order chi connectivity index (χ1) is 19.4. The molecule has 1 saturated carbocycles. The number of aromatic nitrogens is 3. The van der Waals surface area contributed by atoms with E-state index in [1.807, 2.05) is 6.92 Å². The lowest BCUT2D eigenvalue weighted by Crippen LogP contribution is -2.29. The summed E-state index contributed by atoms with van der Waals surface area (Å²) >= 11 is 5.48. The second kappa shape index (κ2) is 10.7. The molecular formula is C29H26ClF3N4O4. The standard InChI is InChI=1S/C21H21N3O.C8H5ClF3NO3/c1-12-23-20(24-25-12)21(2,14-7-8-14)18-10-9-16-15-6-4-3-5-13(15)11-17(16)19(18)22;9-4-2-13-5(7(14)15)1-6(4)16-3-8(10,11)12/h3-6,9-10,14H,7-8,11,22H2,1-2H3;1-2H,3H2,(H,14,15)/t21-;/m1./s1. The summed E-state index contributed by atoms with van der Waals surface area (Å²) < 4.78 is 45.1. The van der Waals surface area contributed by atoms with Crippen LogP contribution in [0.25, 0.3) is 11.1 Å². The van der Waals surface area contributed by atoms with Crippen molar-refractivity contribution in [1.82, 2.24) is 15.1 Å². The van der Waals surface area contributed by atoms with Crippen LogP contribution < -0.4 is 10.5 Å². The molecule has 3 N–H and O–H groups in total. The van der Waals surface area contributed by atoms with Crippen molar-refractivity contribution in [1.29, 1.82) is 0 Å². The van der Waals surface area contributed by atoms with E-state index in [1.54, 1.807) is 0 Å². The fourth-order valence-electron chi connectivity index (χ4n) is 5.19. The van der Waals surface area contributed by atoms with Crippen LogP contribution >= 0.6 is 11.6 Å². The van der Waals surface area contributed by atoms with Crippen LogP contribution in [0.3, 0.4) is 0 Å². The number of halogens is 4. The normalized spacial score (nSPS) is 15.3. The number of anilines is 1. The van der Waals surface area contributed by atoms with Gasteiger partial charge in [0.25, 0.3) is 0 Å². The van der Waals surface area contributed by atoms with E-state index in [4.69, 9.17) is 27.0 Å².